The molecule has 98 valence electrons. The van der Waals surface area contributed by atoms with E-state index in [0.717, 1.165) is 13.1 Å². The summed E-state index contributed by atoms with van der Waals surface area (Å²) in [6.45, 7) is 7.28. The molecule has 0 unspecified atom stereocenters. The zero-order chi connectivity index (χ0) is 13.1. The molecule has 2 rings (SSSR count). The molecule has 1 aliphatic heterocycles. The van der Waals surface area contributed by atoms with Gasteiger partial charge in [-0.3, -0.25) is 4.79 Å². The highest BCUT2D eigenvalue weighted by atomic mass is 16.6. The van der Waals surface area contributed by atoms with Crippen molar-refractivity contribution in [1.29, 1.82) is 0 Å². The van der Waals surface area contributed by atoms with E-state index in [4.69, 9.17) is 14.6 Å². The maximum absolute atomic E-state index is 11.7. The van der Waals surface area contributed by atoms with Crippen LogP contribution in [0.5, 0.6) is 0 Å². The number of carboxylic acid groups (broad SMARTS) is 1. The predicted octanol–water partition coefficient (Wildman–Crippen LogP) is 2.11. The number of carbonyl (C=O) groups is 2. The Bertz CT molecular complexity index is 291. The monoisotopic (exact) mass is 243 g/mol. The summed E-state index contributed by atoms with van der Waals surface area (Å²) in [7, 11) is 0. The van der Waals surface area contributed by atoms with Gasteiger partial charge in [-0.1, -0.05) is 0 Å². The van der Waals surface area contributed by atoms with Crippen LogP contribution in [0.1, 0.15) is 40.0 Å². The number of hydrogen-bond donors (Lipinski definition) is 1. The topological polar surface area (TPSA) is 66.8 Å². The summed E-state index contributed by atoms with van der Waals surface area (Å²) in [5.41, 5.74) is 0.132. The number of likely N-dealkylation sites (tertiary alicyclic amines) is 1. The van der Waals surface area contributed by atoms with Crippen LogP contribution in [-0.2, 0) is 9.53 Å². The molecule has 0 aromatic heterocycles. The van der Waals surface area contributed by atoms with Crippen LogP contribution in [0.2, 0.25) is 0 Å². The molecule has 0 bridgehead atoms. The molecule has 1 heterocycles. The van der Waals surface area contributed by atoms with E-state index in [2.05, 4.69) is 0 Å². The maximum Gasteiger partial charge on any atom is 0.410 e. The van der Waals surface area contributed by atoms with Crippen LogP contribution >= 0.6 is 0 Å². The lowest BCUT2D eigenvalue weighted by atomic mass is 10.1. The Morgan fingerprint density at radius 3 is 2.24 bits per heavy atom. The molecule has 0 radical (unpaired) electrons. The largest absolute Gasteiger partial charge is 0.483 e. The van der Waals surface area contributed by atoms with E-state index in [-0.39, 0.29) is 18.2 Å². The van der Waals surface area contributed by atoms with Gasteiger partial charge in [0.2, 0.25) is 0 Å². The molecule has 2 aliphatic rings. The minimum atomic E-state index is -0.365. The number of nitrogens with zero attached hydrogens (tertiary/aromatic N) is 1. The first-order valence-corrected chi connectivity index (χ1v) is 5.88. The van der Waals surface area contributed by atoms with Gasteiger partial charge < -0.3 is 14.7 Å². The standard InChI is InChI=1S/C11H19NO2.CH2O2/c1-10(2,3)14-9(13)12-7-6-11(8-12)4-5-11;2-1-3/h4-8H2,1-3H3;1H,(H,2,3). The lowest BCUT2D eigenvalue weighted by Crippen LogP contribution is -2.35. The summed E-state index contributed by atoms with van der Waals surface area (Å²) in [5, 5.41) is 6.89. The third-order valence-corrected chi connectivity index (χ3v) is 3.05. The van der Waals surface area contributed by atoms with E-state index in [1.807, 2.05) is 25.7 Å². The Hall–Kier alpha value is -1.26. The molecule has 1 amide bonds. The van der Waals surface area contributed by atoms with E-state index < -0.39 is 0 Å². The molecular weight excluding hydrogens is 222 g/mol. The summed E-state index contributed by atoms with van der Waals surface area (Å²) in [5.74, 6) is 0. The Morgan fingerprint density at radius 1 is 1.35 bits per heavy atom. The Balaban J connectivity index is 0.000000437. The number of hydrogen-bond acceptors (Lipinski definition) is 3. The summed E-state index contributed by atoms with van der Waals surface area (Å²) in [6.07, 6.45) is 3.63. The van der Waals surface area contributed by atoms with E-state index in [1.165, 1.54) is 19.3 Å². The summed E-state index contributed by atoms with van der Waals surface area (Å²) in [6, 6.07) is 0. The number of amides is 1. The zero-order valence-electron chi connectivity index (χ0n) is 10.7. The van der Waals surface area contributed by atoms with Crippen molar-refractivity contribution in [3.63, 3.8) is 0 Å². The highest BCUT2D eigenvalue weighted by molar-refractivity contribution is 5.68. The number of rotatable bonds is 0. The molecule has 1 saturated heterocycles. The second-order valence-corrected chi connectivity index (χ2v) is 5.76. The van der Waals surface area contributed by atoms with E-state index in [1.54, 1.807) is 0 Å². The van der Waals surface area contributed by atoms with Crippen LogP contribution in [0.15, 0.2) is 0 Å². The quantitative estimate of drug-likeness (QED) is 0.662. The average molecular weight is 243 g/mol. The van der Waals surface area contributed by atoms with Crippen molar-refractivity contribution in [2.24, 2.45) is 5.41 Å². The van der Waals surface area contributed by atoms with Gasteiger partial charge in [-0.15, -0.1) is 0 Å². The van der Waals surface area contributed by atoms with Crippen molar-refractivity contribution in [3.8, 4) is 0 Å². The van der Waals surface area contributed by atoms with E-state index in [9.17, 15) is 4.79 Å². The fourth-order valence-electron chi connectivity index (χ4n) is 2.00. The number of carbonyl (C=O) groups excluding carboxylic acids is 1. The second-order valence-electron chi connectivity index (χ2n) is 5.76. The highest BCUT2D eigenvalue weighted by Gasteiger charge is 2.49. The van der Waals surface area contributed by atoms with Crippen LogP contribution in [0.25, 0.3) is 0 Å². The van der Waals surface area contributed by atoms with Crippen molar-refractivity contribution in [2.45, 2.75) is 45.6 Å². The molecule has 1 aliphatic carbocycles. The fraction of sp³-hybridized carbons (Fsp3) is 0.833. The highest BCUT2D eigenvalue weighted by Crippen LogP contribution is 2.52. The summed E-state index contributed by atoms with van der Waals surface area (Å²) >= 11 is 0. The lowest BCUT2D eigenvalue weighted by molar-refractivity contribution is -0.122. The summed E-state index contributed by atoms with van der Waals surface area (Å²) < 4.78 is 5.33. The third kappa shape index (κ3) is 4.24. The normalized spacial score (nSPS) is 20.5. The molecule has 0 aromatic rings. The average Bonchev–Trinajstić information content (AvgIpc) is 2.74. The van der Waals surface area contributed by atoms with Crippen LogP contribution in [0.3, 0.4) is 0 Å². The van der Waals surface area contributed by atoms with Crippen LogP contribution in [-0.4, -0.2) is 41.3 Å². The molecule has 1 N–H and O–H groups in total. The van der Waals surface area contributed by atoms with Crippen LogP contribution in [0.4, 0.5) is 4.79 Å². The van der Waals surface area contributed by atoms with Crippen molar-refractivity contribution >= 4 is 12.6 Å². The molecule has 2 fully saturated rings. The van der Waals surface area contributed by atoms with E-state index >= 15 is 0 Å². The van der Waals surface area contributed by atoms with Crippen molar-refractivity contribution in [1.82, 2.24) is 4.90 Å². The molecule has 5 nitrogen and oxygen atoms in total. The zero-order valence-corrected chi connectivity index (χ0v) is 10.7. The molecule has 5 heteroatoms. The first-order valence-electron chi connectivity index (χ1n) is 5.88. The molecule has 1 spiro atoms. The lowest BCUT2D eigenvalue weighted by Gasteiger charge is -2.24. The van der Waals surface area contributed by atoms with Gasteiger partial charge in [0.05, 0.1) is 0 Å². The smallest absolute Gasteiger partial charge is 0.410 e. The van der Waals surface area contributed by atoms with Crippen molar-refractivity contribution in [2.75, 3.05) is 13.1 Å². The van der Waals surface area contributed by atoms with Gasteiger partial charge in [0.1, 0.15) is 5.60 Å². The van der Waals surface area contributed by atoms with Crippen molar-refractivity contribution < 1.29 is 19.4 Å². The first kappa shape index (κ1) is 13.8. The van der Waals surface area contributed by atoms with Crippen LogP contribution in [0, 0.1) is 5.41 Å². The Morgan fingerprint density at radius 2 is 1.88 bits per heavy atom. The second kappa shape index (κ2) is 4.94. The SMILES string of the molecule is CC(C)(C)OC(=O)N1CCC2(CC2)C1.O=CO. The Kier molecular flexibility index (Phi) is 4.01. The summed E-state index contributed by atoms with van der Waals surface area (Å²) in [4.78, 5) is 21.9. The molecule has 1 saturated carbocycles. The molecular formula is C12H21NO4. The predicted molar refractivity (Wildman–Crippen MR) is 62.8 cm³/mol. The molecule has 0 aromatic carbocycles. The van der Waals surface area contributed by atoms with Gasteiger partial charge in [0.25, 0.3) is 6.47 Å². The molecule has 0 atom stereocenters. The van der Waals surface area contributed by atoms with Gasteiger partial charge in [0, 0.05) is 13.1 Å². The third-order valence-electron chi connectivity index (χ3n) is 3.05. The van der Waals surface area contributed by atoms with Gasteiger partial charge in [0.15, 0.2) is 0 Å². The van der Waals surface area contributed by atoms with Gasteiger partial charge in [-0.05, 0) is 45.4 Å². The fourth-order valence-corrected chi connectivity index (χ4v) is 2.00. The Labute approximate surface area is 102 Å². The first-order chi connectivity index (χ1) is 7.82. The number of ether oxygens (including phenoxy) is 1. The van der Waals surface area contributed by atoms with Gasteiger partial charge in [-0.25, -0.2) is 4.79 Å². The van der Waals surface area contributed by atoms with Gasteiger partial charge >= 0.3 is 6.09 Å². The van der Waals surface area contributed by atoms with E-state index in [0.29, 0.717) is 5.41 Å². The maximum atomic E-state index is 11.7. The van der Waals surface area contributed by atoms with Crippen molar-refractivity contribution in [3.05, 3.63) is 0 Å². The minimum Gasteiger partial charge on any atom is -0.483 e. The van der Waals surface area contributed by atoms with Gasteiger partial charge in [-0.2, -0.15) is 0 Å². The molecule has 17 heavy (non-hydrogen) atoms. The minimum absolute atomic E-state index is 0.138. The van der Waals surface area contributed by atoms with Crippen LogP contribution < -0.4 is 0 Å².